The van der Waals surface area contributed by atoms with Crippen molar-refractivity contribution in [1.82, 2.24) is 10.3 Å². The van der Waals surface area contributed by atoms with Crippen molar-refractivity contribution in [3.63, 3.8) is 0 Å². The first kappa shape index (κ1) is 19.7. The highest BCUT2D eigenvalue weighted by molar-refractivity contribution is 5.68. The normalized spacial score (nSPS) is 11.2. The summed E-state index contributed by atoms with van der Waals surface area (Å²) in [5.41, 5.74) is 10.1. The molecule has 1 aromatic heterocycles. The second-order valence-electron chi connectivity index (χ2n) is 7.13. The third kappa shape index (κ3) is 6.72. The summed E-state index contributed by atoms with van der Waals surface area (Å²) >= 11 is 0. The standard InChI is InChI=1S/C20H27N3O3/c1-14-5-6-16(12-23-14)17-9-15(10-18(21)11-17)13-25-8-7-22-19(24)26-20(2,3)4/h5-6,9-12H,7-8,13,21H2,1-4H3,(H,22,24). The fourth-order valence-corrected chi connectivity index (χ4v) is 2.34. The van der Waals surface area contributed by atoms with Gasteiger partial charge in [0.2, 0.25) is 0 Å². The molecule has 0 aliphatic carbocycles. The molecule has 1 heterocycles. The van der Waals surface area contributed by atoms with Gasteiger partial charge < -0.3 is 20.5 Å². The van der Waals surface area contributed by atoms with E-state index in [4.69, 9.17) is 15.2 Å². The molecule has 0 aliphatic heterocycles. The molecule has 0 aliphatic rings. The minimum absolute atomic E-state index is 0.381. The summed E-state index contributed by atoms with van der Waals surface area (Å²) in [4.78, 5) is 15.9. The number of nitrogen functional groups attached to an aromatic ring is 1. The molecule has 3 N–H and O–H groups in total. The summed E-state index contributed by atoms with van der Waals surface area (Å²) in [5, 5.41) is 2.66. The van der Waals surface area contributed by atoms with Crippen molar-refractivity contribution in [3.8, 4) is 11.1 Å². The van der Waals surface area contributed by atoms with E-state index in [0.717, 1.165) is 22.4 Å². The van der Waals surface area contributed by atoms with E-state index < -0.39 is 11.7 Å². The highest BCUT2D eigenvalue weighted by atomic mass is 16.6. The lowest BCUT2D eigenvalue weighted by Gasteiger charge is -2.19. The first-order valence-corrected chi connectivity index (χ1v) is 8.60. The van der Waals surface area contributed by atoms with Gasteiger partial charge in [0.15, 0.2) is 0 Å². The number of benzene rings is 1. The third-order valence-electron chi connectivity index (χ3n) is 3.44. The van der Waals surface area contributed by atoms with Crippen LogP contribution >= 0.6 is 0 Å². The van der Waals surface area contributed by atoms with Crippen LogP contribution in [0.5, 0.6) is 0 Å². The molecule has 0 saturated carbocycles. The Kier molecular flexibility index (Phi) is 6.58. The Balaban J connectivity index is 1.84. The van der Waals surface area contributed by atoms with E-state index in [1.807, 2.05) is 64.2 Å². The topological polar surface area (TPSA) is 86.5 Å². The number of nitrogens with one attached hydrogen (secondary N) is 1. The lowest BCUT2D eigenvalue weighted by molar-refractivity contribution is 0.0494. The summed E-state index contributed by atoms with van der Waals surface area (Å²) in [6.45, 7) is 8.60. The Labute approximate surface area is 154 Å². The van der Waals surface area contributed by atoms with Crippen molar-refractivity contribution < 1.29 is 14.3 Å². The van der Waals surface area contributed by atoms with Crippen LogP contribution in [0.4, 0.5) is 10.5 Å². The highest BCUT2D eigenvalue weighted by Crippen LogP contribution is 2.23. The number of alkyl carbamates (subject to hydrolysis) is 1. The monoisotopic (exact) mass is 357 g/mol. The number of anilines is 1. The molecule has 0 unspecified atom stereocenters. The number of nitrogens with zero attached hydrogens (tertiary/aromatic N) is 1. The minimum atomic E-state index is -0.506. The Morgan fingerprint density at radius 3 is 2.62 bits per heavy atom. The predicted molar refractivity (Wildman–Crippen MR) is 103 cm³/mol. The lowest BCUT2D eigenvalue weighted by Crippen LogP contribution is -2.34. The molecule has 1 amide bonds. The SMILES string of the molecule is Cc1ccc(-c2cc(N)cc(COCCNC(=O)OC(C)(C)C)c2)cn1. The molecule has 0 atom stereocenters. The smallest absolute Gasteiger partial charge is 0.407 e. The van der Waals surface area contributed by atoms with Crippen LogP contribution in [0.1, 0.15) is 32.0 Å². The van der Waals surface area contributed by atoms with E-state index in [1.54, 1.807) is 0 Å². The summed E-state index contributed by atoms with van der Waals surface area (Å²) < 4.78 is 10.8. The van der Waals surface area contributed by atoms with Crippen LogP contribution in [0, 0.1) is 6.92 Å². The number of nitrogens with two attached hydrogens (primary N) is 1. The van der Waals surface area contributed by atoms with Gasteiger partial charge in [0.05, 0.1) is 13.2 Å². The van der Waals surface area contributed by atoms with Crippen LogP contribution in [0.25, 0.3) is 11.1 Å². The van der Waals surface area contributed by atoms with Gasteiger partial charge in [-0.25, -0.2) is 4.79 Å². The van der Waals surface area contributed by atoms with E-state index in [0.29, 0.717) is 25.4 Å². The van der Waals surface area contributed by atoms with Crippen molar-refractivity contribution in [2.75, 3.05) is 18.9 Å². The minimum Gasteiger partial charge on any atom is -0.444 e. The average molecular weight is 357 g/mol. The first-order chi connectivity index (χ1) is 12.2. The third-order valence-corrected chi connectivity index (χ3v) is 3.44. The number of amides is 1. The van der Waals surface area contributed by atoms with Gasteiger partial charge in [0, 0.05) is 29.7 Å². The van der Waals surface area contributed by atoms with Crippen LogP contribution in [0.15, 0.2) is 36.5 Å². The average Bonchev–Trinajstić information content (AvgIpc) is 2.53. The zero-order valence-corrected chi connectivity index (χ0v) is 15.8. The second kappa shape index (κ2) is 8.67. The number of pyridine rings is 1. The molecule has 6 nitrogen and oxygen atoms in total. The molecule has 2 rings (SSSR count). The maximum atomic E-state index is 11.6. The second-order valence-corrected chi connectivity index (χ2v) is 7.13. The molecule has 0 bridgehead atoms. The fourth-order valence-electron chi connectivity index (χ4n) is 2.34. The van der Waals surface area contributed by atoms with Crippen molar-refractivity contribution in [2.45, 2.75) is 39.9 Å². The fraction of sp³-hybridized carbons (Fsp3) is 0.400. The first-order valence-electron chi connectivity index (χ1n) is 8.60. The molecule has 0 fully saturated rings. The molecule has 26 heavy (non-hydrogen) atoms. The Morgan fingerprint density at radius 1 is 1.19 bits per heavy atom. The van der Waals surface area contributed by atoms with Gasteiger partial charge in [-0.05, 0) is 63.1 Å². The number of carbonyl (C=O) groups excluding carboxylic acids is 1. The van der Waals surface area contributed by atoms with Crippen molar-refractivity contribution in [2.24, 2.45) is 0 Å². The summed E-state index contributed by atoms with van der Waals surface area (Å²) in [6.07, 6.45) is 1.39. The number of hydrogen-bond acceptors (Lipinski definition) is 5. The van der Waals surface area contributed by atoms with Crippen LogP contribution in [-0.4, -0.2) is 29.8 Å². The molecular formula is C20H27N3O3. The quantitative estimate of drug-likeness (QED) is 0.608. The van der Waals surface area contributed by atoms with Crippen molar-refractivity contribution >= 4 is 11.8 Å². The number of aromatic nitrogens is 1. The maximum absolute atomic E-state index is 11.6. The largest absolute Gasteiger partial charge is 0.444 e. The van der Waals surface area contributed by atoms with E-state index in [2.05, 4.69) is 10.3 Å². The molecule has 2 aromatic rings. The van der Waals surface area contributed by atoms with Crippen LogP contribution in [0.3, 0.4) is 0 Å². The predicted octanol–water partition coefficient (Wildman–Crippen LogP) is 3.68. The van der Waals surface area contributed by atoms with E-state index in [9.17, 15) is 4.79 Å². The Hall–Kier alpha value is -2.60. The van der Waals surface area contributed by atoms with E-state index in [1.165, 1.54) is 0 Å². The van der Waals surface area contributed by atoms with Gasteiger partial charge in [-0.15, -0.1) is 0 Å². The molecular weight excluding hydrogens is 330 g/mol. The zero-order valence-electron chi connectivity index (χ0n) is 15.8. The number of ether oxygens (including phenoxy) is 2. The van der Waals surface area contributed by atoms with Gasteiger partial charge in [-0.1, -0.05) is 6.07 Å². The molecule has 0 saturated heterocycles. The van der Waals surface area contributed by atoms with Gasteiger partial charge in [-0.2, -0.15) is 0 Å². The van der Waals surface area contributed by atoms with Gasteiger partial charge >= 0.3 is 6.09 Å². The number of hydrogen-bond donors (Lipinski definition) is 2. The highest BCUT2D eigenvalue weighted by Gasteiger charge is 2.15. The molecule has 140 valence electrons. The molecule has 0 spiro atoms. The number of carbonyl (C=O) groups is 1. The van der Waals surface area contributed by atoms with Crippen LogP contribution in [-0.2, 0) is 16.1 Å². The number of rotatable bonds is 6. The molecule has 6 heteroatoms. The Morgan fingerprint density at radius 2 is 1.96 bits per heavy atom. The van der Waals surface area contributed by atoms with Crippen LogP contribution in [0.2, 0.25) is 0 Å². The van der Waals surface area contributed by atoms with Crippen LogP contribution < -0.4 is 11.1 Å². The summed E-state index contributed by atoms with van der Waals surface area (Å²) in [6, 6.07) is 9.82. The number of aryl methyl sites for hydroxylation is 1. The summed E-state index contributed by atoms with van der Waals surface area (Å²) in [5.74, 6) is 0. The molecule has 1 aromatic carbocycles. The van der Waals surface area contributed by atoms with Crippen molar-refractivity contribution in [1.29, 1.82) is 0 Å². The molecule has 0 radical (unpaired) electrons. The summed E-state index contributed by atoms with van der Waals surface area (Å²) in [7, 11) is 0. The zero-order chi connectivity index (χ0) is 19.2. The van der Waals surface area contributed by atoms with Gasteiger partial charge in [0.1, 0.15) is 5.60 Å². The van der Waals surface area contributed by atoms with Gasteiger partial charge in [-0.3, -0.25) is 4.98 Å². The maximum Gasteiger partial charge on any atom is 0.407 e. The Bertz CT molecular complexity index is 737. The van der Waals surface area contributed by atoms with E-state index in [-0.39, 0.29) is 0 Å². The lowest BCUT2D eigenvalue weighted by atomic mass is 10.0. The van der Waals surface area contributed by atoms with Crippen molar-refractivity contribution in [3.05, 3.63) is 47.8 Å². The van der Waals surface area contributed by atoms with E-state index >= 15 is 0 Å². The van der Waals surface area contributed by atoms with Gasteiger partial charge in [0.25, 0.3) is 0 Å².